The third kappa shape index (κ3) is 4.85. The lowest BCUT2D eigenvalue weighted by molar-refractivity contribution is 0.144. The molecule has 3 heteroatoms. The summed E-state index contributed by atoms with van der Waals surface area (Å²) >= 11 is 0. The average molecular weight is 535 g/mol. The number of rotatable bonds is 4. The van der Waals surface area contributed by atoms with E-state index in [9.17, 15) is 0 Å². The van der Waals surface area contributed by atoms with Crippen LogP contribution in [0, 0.1) is 11.8 Å². The van der Waals surface area contributed by atoms with Crippen LogP contribution in [0.15, 0.2) is 99.8 Å². The van der Waals surface area contributed by atoms with Crippen molar-refractivity contribution in [1.29, 1.82) is 0 Å². The van der Waals surface area contributed by atoms with Crippen molar-refractivity contribution in [2.75, 3.05) is 6.54 Å². The highest BCUT2D eigenvalue weighted by molar-refractivity contribution is 6.06. The summed E-state index contributed by atoms with van der Waals surface area (Å²) in [4.78, 5) is 2.68. The molecule has 3 heterocycles. The van der Waals surface area contributed by atoms with E-state index in [1.165, 1.54) is 50.7 Å². The molecule has 3 aliphatic rings. The zero-order valence-electron chi connectivity index (χ0n) is 25.6. The lowest BCUT2D eigenvalue weighted by Gasteiger charge is -2.48. The Bertz CT molecular complexity index is 1560. The summed E-state index contributed by atoms with van der Waals surface area (Å²) in [5.41, 5.74) is 9.71. The van der Waals surface area contributed by atoms with Gasteiger partial charge in [0.1, 0.15) is 11.2 Å². The lowest BCUT2D eigenvalue weighted by atomic mass is 9.77. The summed E-state index contributed by atoms with van der Waals surface area (Å²) in [6.07, 6.45) is 16.4. The van der Waals surface area contributed by atoms with Crippen molar-refractivity contribution < 1.29 is 4.42 Å². The van der Waals surface area contributed by atoms with Gasteiger partial charge in [-0.05, 0) is 82.2 Å². The third-order valence-electron chi connectivity index (χ3n) is 9.10. The molecule has 1 aliphatic carbocycles. The second-order valence-electron chi connectivity index (χ2n) is 12.0. The monoisotopic (exact) mass is 534 g/mol. The minimum absolute atomic E-state index is 0.0441. The highest BCUT2D eigenvalue weighted by atomic mass is 16.3. The number of para-hydroxylation sites is 1. The van der Waals surface area contributed by atoms with Crippen LogP contribution in [0.2, 0.25) is 0 Å². The normalized spacial score (nSPS) is 23.1. The summed E-state index contributed by atoms with van der Waals surface area (Å²) in [5, 5.41) is 6.07. The fourth-order valence-corrected chi connectivity index (χ4v) is 6.68. The van der Waals surface area contributed by atoms with Crippen molar-refractivity contribution in [3.63, 3.8) is 0 Å². The zero-order valence-corrected chi connectivity index (χ0v) is 25.6. The molecule has 0 spiro atoms. The Hall–Kier alpha value is -3.46. The van der Waals surface area contributed by atoms with E-state index in [-0.39, 0.29) is 11.6 Å². The second-order valence-corrected chi connectivity index (χ2v) is 12.0. The molecule has 3 atom stereocenters. The summed E-state index contributed by atoms with van der Waals surface area (Å²) in [6.45, 7) is 18.7. The van der Waals surface area contributed by atoms with Crippen molar-refractivity contribution in [1.82, 2.24) is 10.2 Å². The number of benzene rings is 2. The zero-order chi connectivity index (χ0) is 28.6. The maximum Gasteiger partial charge on any atom is 0.141 e. The van der Waals surface area contributed by atoms with Gasteiger partial charge in [0.05, 0.1) is 11.6 Å². The van der Waals surface area contributed by atoms with Crippen LogP contribution in [0.3, 0.4) is 0 Å². The molecule has 2 aliphatic heterocycles. The van der Waals surface area contributed by atoms with Gasteiger partial charge in [-0.1, -0.05) is 81.0 Å². The van der Waals surface area contributed by atoms with Crippen molar-refractivity contribution in [2.24, 2.45) is 11.8 Å². The predicted octanol–water partition coefficient (Wildman–Crippen LogP) is 10.1. The van der Waals surface area contributed by atoms with Crippen LogP contribution in [-0.2, 0) is 5.54 Å². The molecular formula is C37H46N2O. The Morgan fingerprint density at radius 1 is 0.950 bits per heavy atom. The maximum atomic E-state index is 6.66. The van der Waals surface area contributed by atoms with Gasteiger partial charge >= 0.3 is 0 Å². The predicted molar refractivity (Wildman–Crippen MR) is 171 cm³/mol. The number of hydrogen-bond acceptors (Lipinski definition) is 3. The number of nitrogens with one attached hydrogen (secondary N) is 1. The van der Waals surface area contributed by atoms with Crippen LogP contribution in [0.25, 0.3) is 21.9 Å². The van der Waals surface area contributed by atoms with Gasteiger partial charge in [0.15, 0.2) is 0 Å². The van der Waals surface area contributed by atoms with E-state index >= 15 is 0 Å². The first-order valence-corrected chi connectivity index (χ1v) is 15.1. The minimum atomic E-state index is -0.246. The molecule has 0 fully saturated rings. The molecule has 3 unspecified atom stereocenters. The fraction of sp³-hybridized carbons (Fsp3) is 0.405. The van der Waals surface area contributed by atoms with Gasteiger partial charge in [-0.25, -0.2) is 0 Å². The van der Waals surface area contributed by atoms with E-state index in [1.54, 1.807) is 0 Å². The summed E-state index contributed by atoms with van der Waals surface area (Å²) in [6, 6.07) is 13.1. The van der Waals surface area contributed by atoms with Crippen LogP contribution in [0.5, 0.6) is 0 Å². The molecule has 2 aromatic carbocycles. The number of dihydropyridines is 1. The van der Waals surface area contributed by atoms with Gasteiger partial charge in [0.25, 0.3) is 0 Å². The maximum absolute atomic E-state index is 6.66. The SMILES string of the molecule is CC.CC1=CC=C(C2CCC=CC2C)N(C(C)(C)c2ccc3c(oc4ccccc43)c2C2C=C(C)C(C)=CN2)C1. The van der Waals surface area contributed by atoms with Gasteiger partial charge in [0.2, 0.25) is 0 Å². The van der Waals surface area contributed by atoms with Crippen molar-refractivity contribution in [3.8, 4) is 0 Å². The van der Waals surface area contributed by atoms with Gasteiger partial charge in [-0.2, -0.15) is 0 Å². The van der Waals surface area contributed by atoms with E-state index in [4.69, 9.17) is 4.42 Å². The van der Waals surface area contributed by atoms with Gasteiger partial charge < -0.3 is 14.6 Å². The molecule has 0 saturated heterocycles. The molecule has 1 N–H and O–H groups in total. The number of furan rings is 1. The van der Waals surface area contributed by atoms with E-state index in [2.05, 4.69) is 125 Å². The molecule has 0 saturated carbocycles. The Labute approximate surface area is 241 Å². The molecule has 0 radical (unpaired) electrons. The quantitative estimate of drug-likeness (QED) is 0.338. The van der Waals surface area contributed by atoms with E-state index in [0.717, 1.165) is 24.1 Å². The van der Waals surface area contributed by atoms with Gasteiger partial charge in [-0.3, -0.25) is 0 Å². The second kappa shape index (κ2) is 11.2. The van der Waals surface area contributed by atoms with Crippen molar-refractivity contribution >= 4 is 21.9 Å². The fourth-order valence-electron chi connectivity index (χ4n) is 6.68. The number of nitrogens with zero attached hydrogens (tertiary/aromatic N) is 1. The number of allylic oxidation sites excluding steroid dienone is 7. The van der Waals surface area contributed by atoms with Crippen LogP contribution >= 0.6 is 0 Å². The Morgan fingerprint density at radius 2 is 1.73 bits per heavy atom. The lowest BCUT2D eigenvalue weighted by Crippen LogP contribution is -2.46. The highest BCUT2D eigenvalue weighted by Gasteiger charge is 2.39. The van der Waals surface area contributed by atoms with E-state index in [1.807, 2.05) is 13.8 Å². The molecule has 0 amide bonds. The largest absolute Gasteiger partial charge is 0.456 e. The summed E-state index contributed by atoms with van der Waals surface area (Å²) in [7, 11) is 0. The smallest absolute Gasteiger partial charge is 0.141 e. The van der Waals surface area contributed by atoms with Gasteiger partial charge in [-0.15, -0.1) is 0 Å². The first kappa shape index (κ1) is 28.1. The minimum Gasteiger partial charge on any atom is -0.456 e. The highest BCUT2D eigenvalue weighted by Crippen LogP contribution is 2.46. The molecule has 3 nitrogen and oxygen atoms in total. The van der Waals surface area contributed by atoms with E-state index < -0.39 is 0 Å². The summed E-state index contributed by atoms with van der Waals surface area (Å²) < 4.78 is 6.66. The number of hydrogen-bond donors (Lipinski definition) is 1. The molecule has 210 valence electrons. The first-order valence-electron chi connectivity index (χ1n) is 15.1. The molecule has 6 rings (SSSR count). The number of fused-ring (bicyclic) bond motifs is 3. The van der Waals surface area contributed by atoms with Crippen LogP contribution < -0.4 is 5.32 Å². The van der Waals surface area contributed by atoms with Crippen molar-refractivity contribution in [2.45, 2.75) is 79.8 Å². The van der Waals surface area contributed by atoms with E-state index in [0.29, 0.717) is 11.8 Å². The molecule has 3 aromatic rings. The van der Waals surface area contributed by atoms with Crippen molar-refractivity contribution in [3.05, 3.63) is 107 Å². The Kier molecular flexibility index (Phi) is 7.86. The third-order valence-corrected chi connectivity index (χ3v) is 9.10. The topological polar surface area (TPSA) is 28.4 Å². The molecule has 40 heavy (non-hydrogen) atoms. The standard InChI is InChI=1S/C35H40N2O.C2H6/c1-22-15-18-31(26-12-8-7-11-23(26)2)37(21-22)35(5,6)29-17-16-28-27-13-9-10-14-32(27)38-34(28)33(29)30-19-24(3)25(4)20-36-30;1-2/h7,9-11,13-20,23,26,30,36H,8,12,21H2,1-6H3;1-2H3. The van der Waals surface area contributed by atoms with Crippen LogP contribution in [-0.4, -0.2) is 11.4 Å². The molecule has 0 bridgehead atoms. The molecule has 1 aromatic heterocycles. The summed E-state index contributed by atoms with van der Waals surface area (Å²) in [5.74, 6) is 1.07. The van der Waals surface area contributed by atoms with Crippen LogP contribution in [0.4, 0.5) is 0 Å². The Balaban J connectivity index is 0.00000158. The van der Waals surface area contributed by atoms with Crippen LogP contribution in [0.1, 0.15) is 85.4 Å². The molecular weight excluding hydrogens is 488 g/mol. The Morgan fingerprint density at radius 3 is 2.48 bits per heavy atom. The average Bonchev–Trinajstić information content (AvgIpc) is 3.34. The van der Waals surface area contributed by atoms with Gasteiger partial charge in [0, 0.05) is 40.7 Å². The first-order chi connectivity index (χ1) is 19.3.